The summed E-state index contributed by atoms with van der Waals surface area (Å²) in [4.78, 5) is 42.3. The van der Waals surface area contributed by atoms with Crippen LogP contribution in [-0.4, -0.2) is 20.7 Å². The van der Waals surface area contributed by atoms with Gasteiger partial charge in [0.1, 0.15) is 5.56 Å². The number of nitrogens with zero attached hydrogens (tertiary/aromatic N) is 3. The summed E-state index contributed by atoms with van der Waals surface area (Å²) in [7, 11) is 0. The first-order valence-electron chi connectivity index (χ1n) is 6.39. The normalized spacial score (nSPS) is 10.1. The molecule has 128 valence electrons. The second-order valence-corrected chi connectivity index (χ2v) is 5.00. The fourth-order valence-corrected chi connectivity index (χ4v) is 2.05. The van der Waals surface area contributed by atoms with Crippen LogP contribution in [0.1, 0.15) is 10.4 Å². The van der Waals surface area contributed by atoms with Crippen molar-refractivity contribution in [3.8, 4) is 0 Å². The number of hydrogen-bond donors (Lipinski definition) is 1. The molecule has 0 unspecified atom stereocenters. The van der Waals surface area contributed by atoms with E-state index in [4.69, 9.17) is 11.6 Å². The number of non-ortho nitro benzene ring substituents is 2. The highest BCUT2D eigenvalue weighted by Gasteiger charge is 2.25. The predicted molar refractivity (Wildman–Crippen MR) is 85.8 cm³/mol. The lowest BCUT2D eigenvalue weighted by atomic mass is 10.1. The lowest BCUT2D eigenvalue weighted by Gasteiger charge is -2.07. The largest absolute Gasteiger partial charge is 0.320 e. The molecule has 25 heavy (non-hydrogen) atoms. The highest BCUT2D eigenvalue weighted by Crippen LogP contribution is 2.29. The monoisotopic (exact) mass is 366 g/mol. The van der Waals surface area contributed by atoms with Gasteiger partial charge in [-0.3, -0.25) is 35.1 Å². The van der Waals surface area contributed by atoms with Gasteiger partial charge in [-0.2, -0.15) is 0 Å². The average Bonchev–Trinajstić information content (AvgIpc) is 2.55. The van der Waals surface area contributed by atoms with Crippen LogP contribution in [0.3, 0.4) is 0 Å². The molecule has 11 nitrogen and oxygen atoms in total. The minimum atomic E-state index is -0.996. The lowest BCUT2D eigenvalue weighted by molar-refractivity contribution is -0.394. The minimum Gasteiger partial charge on any atom is -0.320 e. The molecule has 0 aliphatic heterocycles. The second-order valence-electron chi connectivity index (χ2n) is 4.59. The van der Waals surface area contributed by atoms with Gasteiger partial charge in [-0.05, 0) is 12.1 Å². The molecule has 2 aromatic rings. The quantitative estimate of drug-likeness (QED) is 0.627. The summed E-state index contributed by atoms with van der Waals surface area (Å²) in [6.45, 7) is 0. The minimum absolute atomic E-state index is 0.0245. The molecule has 0 radical (unpaired) electrons. The molecular weight excluding hydrogens is 360 g/mol. The molecule has 0 aliphatic rings. The summed E-state index contributed by atoms with van der Waals surface area (Å²) in [5.41, 5.74) is -2.28. The van der Waals surface area contributed by atoms with Gasteiger partial charge in [-0.25, -0.2) is 0 Å². The van der Waals surface area contributed by atoms with Gasteiger partial charge in [-0.15, -0.1) is 0 Å². The van der Waals surface area contributed by atoms with Gasteiger partial charge >= 0.3 is 0 Å². The molecule has 0 bridgehead atoms. The van der Waals surface area contributed by atoms with Crippen LogP contribution in [0.5, 0.6) is 0 Å². The van der Waals surface area contributed by atoms with Crippen molar-refractivity contribution in [3.05, 3.63) is 77.3 Å². The number of halogens is 1. The number of anilines is 1. The van der Waals surface area contributed by atoms with E-state index in [1.54, 1.807) is 0 Å². The van der Waals surface area contributed by atoms with Crippen molar-refractivity contribution in [1.29, 1.82) is 0 Å². The van der Waals surface area contributed by atoms with Crippen molar-refractivity contribution in [3.63, 3.8) is 0 Å². The van der Waals surface area contributed by atoms with Gasteiger partial charge in [0.2, 0.25) is 0 Å². The summed E-state index contributed by atoms with van der Waals surface area (Å²) in [5, 5.41) is 34.7. The van der Waals surface area contributed by atoms with Crippen LogP contribution in [0.15, 0.2) is 36.4 Å². The number of hydrogen-bond acceptors (Lipinski definition) is 7. The van der Waals surface area contributed by atoms with E-state index < -0.39 is 37.6 Å². The highest BCUT2D eigenvalue weighted by molar-refractivity contribution is 6.34. The Balaban J connectivity index is 2.42. The van der Waals surface area contributed by atoms with Crippen LogP contribution < -0.4 is 5.32 Å². The van der Waals surface area contributed by atoms with Crippen molar-refractivity contribution >= 4 is 40.3 Å². The van der Waals surface area contributed by atoms with E-state index in [0.29, 0.717) is 6.07 Å². The van der Waals surface area contributed by atoms with Crippen molar-refractivity contribution in [1.82, 2.24) is 0 Å². The molecule has 0 atom stereocenters. The molecule has 0 aliphatic carbocycles. The Morgan fingerprint density at radius 2 is 1.44 bits per heavy atom. The van der Waals surface area contributed by atoms with Crippen molar-refractivity contribution in [2.24, 2.45) is 0 Å². The molecule has 2 rings (SSSR count). The van der Waals surface area contributed by atoms with E-state index in [1.807, 2.05) is 0 Å². The molecule has 12 heteroatoms. The third-order valence-electron chi connectivity index (χ3n) is 3.04. The molecule has 0 saturated heterocycles. The summed E-state index contributed by atoms with van der Waals surface area (Å²) in [5.74, 6) is -0.996. The maximum atomic E-state index is 12.2. The number of nitro groups is 3. The highest BCUT2D eigenvalue weighted by atomic mass is 35.5. The zero-order valence-corrected chi connectivity index (χ0v) is 12.8. The van der Waals surface area contributed by atoms with Crippen molar-refractivity contribution in [2.75, 3.05) is 5.32 Å². The average molecular weight is 367 g/mol. The standard InChI is InChI=1S/C13H7ClN4O7/c14-10-4-2-7(16(20)21)5-11(10)15-13(19)9-3-1-8(17(22)23)6-12(9)18(24)25/h1-6H,(H,15,19). The van der Waals surface area contributed by atoms with E-state index in [-0.39, 0.29) is 16.4 Å². The lowest BCUT2D eigenvalue weighted by Crippen LogP contribution is -2.14. The number of carbonyl (C=O) groups is 1. The van der Waals surface area contributed by atoms with Gasteiger partial charge < -0.3 is 5.32 Å². The summed E-state index contributed by atoms with van der Waals surface area (Å²) in [6, 6.07) is 5.76. The number of nitrogens with one attached hydrogen (secondary N) is 1. The van der Waals surface area contributed by atoms with E-state index in [9.17, 15) is 35.1 Å². The van der Waals surface area contributed by atoms with Gasteiger partial charge in [0, 0.05) is 18.2 Å². The number of rotatable bonds is 5. The van der Waals surface area contributed by atoms with Crippen LogP contribution in [0.4, 0.5) is 22.7 Å². The smallest absolute Gasteiger partial charge is 0.289 e. The Morgan fingerprint density at radius 3 is 2.00 bits per heavy atom. The predicted octanol–water partition coefficient (Wildman–Crippen LogP) is 3.32. The zero-order valence-electron chi connectivity index (χ0n) is 12.0. The van der Waals surface area contributed by atoms with E-state index in [0.717, 1.165) is 24.3 Å². The van der Waals surface area contributed by atoms with Crippen LogP contribution in [0.2, 0.25) is 5.02 Å². The van der Waals surface area contributed by atoms with Gasteiger partial charge in [0.25, 0.3) is 23.0 Å². The topological polar surface area (TPSA) is 159 Å². The Hall–Kier alpha value is -3.60. The molecule has 2 aromatic carbocycles. The number of benzene rings is 2. The van der Waals surface area contributed by atoms with Crippen LogP contribution in [0.25, 0.3) is 0 Å². The second kappa shape index (κ2) is 6.88. The van der Waals surface area contributed by atoms with Crippen LogP contribution in [-0.2, 0) is 0 Å². The van der Waals surface area contributed by atoms with Crippen LogP contribution in [0, 0.1) is 30.3 Å². The van der Waals surface area contributed by atoms with Crippen molar-refractivity contribution < 1.29 is 19.6 Å². The molecule has 1 amide bonds. The molecular formula is C13H7ClN4O7. The summed E-state index contributed by atoms with van der Waals surface area (Å²) < 4.78 is 0. The van der Waals surface area contributed by atoms with Gasteiger partial charge in [-0.1, -0.05) is 11.6 Å². The third-order valence-corrected chi connectivity index (χ3v) is 3.37. The third kappa shape index (κ3) is 3.84. The Bertz CT molecular complexity index is 915. The number of carbonyl (C=O) groups excluding carboxylic acids is 1. The molecule has 0 fully saturated rings. The fourth-order valence-electron chi connectivity index (χ4n) is 1.89. The molecule has 0 spiro atoms. The van der Waals surface area contributed by atoms with Crippen molar-refractivity contribution in [2.45, 2.75) is 0 Å². The maximum absolute atomic E-state index is 12.2. The number of nitro benzene ring substituents is 3. The fraction of sp³-hybridized carbons (Fsp3) is 0. The van der Waals surface area contributed by atoms with E-state index in [2.05, 4.69) is 5.32 Å². The summed E-state index contributed by atoms with van der Waals surface area (Å²) >= 11 is 5.84. The Kier molecular flexibility index (Phi) is 4.89. The Morgan fingerprint density at radius 1 is 0.880 bits per heavy atom. The van der Waals surface area contributed by atoms with Crippen LogP contribution >= 0.6 is 11.6 Å². The molecule has 1 N–H and O–H groups in total. The maximum Gasteiger partial charge on any atom is 0.289 e. The first-order chi connectivity index (χ1) is 11.7. The van der Waals surface area contributed by atoms with Gasteiger partial charge in [0.15, 0.2) is 0 Å². The van der Waals surface area contributed by atoms with E-state index in [1.165, 1.54) is 6.07 Å². The summed E-state index contributed by atoms with van der Waals surface area (Å²) in [6.07, 6.45) is 0. The first-order valence-corrected chi connectivity index (χ1v) is 6.76. The van der Waals surface area contributed by atoms with E-state index >= 15 is 0 Å². The molecule has 0 aromatic heterocycles. The zero-order chi connectivity index (χ0) is 18.7. The SMILES string of the molecule is O=C(Nc1cc([N+](=O)[O-])ccc1Cl)c1ccc([N+](=O)[O-])cc1[N+](=O)[O-]. The van der Waals surface area contributed by atoms with Gasteiger partial charge in [0.05, 0.1) is 31.5 Å². The molecule has 0 heterocycles. The number of amides is 1. The first kappa shape index (κ1) is 17.7. The Labute approximate surface area is 143 Å². The molecule has 0 saturated carbocycles.